The highest BCUT2D eigenvalue weighted by atomic mass is 14.9. The zero-order chi connectivity index (χ0) is 13.7. The monoisotopic (exact) mass is 260 g/mol. The first-order valence-corrected chi connectivity index (χ1v) is 7.83. The predicted molar refractivity (Wildman–Crippen MR) is 81.2 cm³/mol. The van der Waals surface area contributed by atoms with Gasteiger partial charge in [-0.2, -0.15) is 0 Å². The number of aryl methyl sites for hydroxylation is 1. The molecule has 1 aromatic rings. The summed E-state index contributed by atoms with van der Waals surface area (Å²) in [6, 6.07) is 4.45. The molecule has 0 bridgehead atoms. The van der Waals surface area contributed by atoms with Gasteiger partial charge in [0.1, 0.15) is 0 Å². The molecule has 1 aliphatic rings. The lowest BCUT2D eigenvalue weighted by molar-refractivity contribution is 0.168. The largest absolute Gasteiger partial charge is 0.316 e. The topological polar surface area (TPSA) is 24.9 Å². The van der Waals surface area contributed by atoms with Crippen molar-refractivity contribution in [2.24, 2.45) is 17.8 Å². The van der Waals surface area contributed by atoms with E-state index in [1.54, 1.807) is 0 Å². The Hall–Kier alpha value is -0.890. The van der Waals surface area contributed by atoms with Crippen molar-refractivity contribution in [3.63, 3.8) is 0 Å². The zero-order valence-corrected chi connectivity index (χ0v) is 12.7. The van der Waals surface area contributed by atoms with E-state index >= 15 is 0 Å². The van der Waals surface area contributed by atoms with Crippen molar-refractivity contribution >= 4 is 0 Å². The molecule has 1 N–H and O–H groups in total. The molecule has 1 aliphatic carbocycles. The van der Waals surface area contributed by atoms with Crippen molar-refractivity contribution in [1.29, 1.82) is 0 Å². The van der Waals surface area contributed by atoms with Crippen LogP contribution in [0.1, 0.15) is 44.9 Å². The van der Waals surface area contributed by atoms with Gasteiger partial charge in [-0.1, -0.05) is 26.8 Å². The Morgan fingerprint density at radius 1 is 1.26 bits per heavy atom. The van der Waals surface area contributed by atoms with Crippen molar-refractivity contribution < 1.29 is 0 Å². The second kappa shape index (κ2) is 7.04. The summed E-state index contributed by atoms with van der Waals surface area (Å²) in [5.74, 6) is 2.47. The lowest BCUT2D eigenvalue weighted by atomic mass is 9.71. The van der Waals surface area contributed by atoms with Gasteiger partial charge < -0.3 is 5.32 Å². The van der Waals surface area contributed by atoms with Crippen LogP contribution in [0.3, 0.4) is 0 Å². The van der Waals surface area contributed by atoms with Crippen molar-refractivity contribution in [2.45, 2.75) is 46.5 Å². The van der Waals surface area contributed by atoms with E-state index in [1.165, 1.54) is 30.6 Å². The summed E-state index contributed by atoms with van der Waals surface area (Å²) in [6.07, 6.45) is 7.06. The summed E-state index contributed by atoms with van der Waals surface area (Å²) in [6.45, 7) is 9.05. The molecule has 0 aliphatic heterocycles. The van der Waals surface area contributed by atoms with E-state index in [0.29, 0.717) is 0 Å². The van der Waals surface area contributed by atoms with Crippen molar-refractivity contribution in [3.05, 3.63) is 29.6 Å². The van der Waals surface area contributed by atoms with Gasteiger partial charge in [-0.15, -0.1) is 0 Å². The Labute approximate surface area is 118 Å². The molecule has 19 heavy (non-hydrogen) atoms. The van der Waals surface area contributed by atoms with E-state index in [9.17, 15) is 0 Å². The number of hydrogen-bond donors (Lipinski definition) is 1. The fraction of sp³-hybridized carbons (Fsp3) is 0.706. The highest BCUT2D eigenvalue weighted by Crippen LogP contribution is 2.36. The Kier molecular flexibility index (Phi) is 5.38. The van der Waals surface area contributed by atoms with E-state index < -0.39 is 0 Å². The van der Waals surface area contributed by atoms with E-state index in [2.05, 4.69) is 43.2 Å². The maximum absolute atomic E-state index is 4.59. The third-order valence-electron chi connectivity index (χ3n) is 4.30. The van der Waals surface area contributed by atoms with Crippen LogP contribution in [0.4, 0.5) is 0 Å². The van der Waals surface area contributed by atoms with Gasteiger partial charge in [0.05, 0.1) is 0 Å². The zero-order valence-electron chi connectivity index (χ0n) is 12.7. The summed E-state index contributed by atoms with van der Waals surface area (Å²) in [7, 11) is 0. The number of nitrogens with one attached hydrogen (secondary N) is 1. The van der Waals surface area contributed by atoms with Crippen LogP contribution < -0.4 is 5.32 Å². The molecule has 0 saturated heterocycles. The second-order valence-corrected chi connectivity index (χ2v) is 6.37. The average Bonchev–Trinajstić information content (AvgIpc) is 2.40. The summed E-state index contributed by atoms with van der Waals surface area (Å²) < 4.78 is 0. The van der Waals surface area contributed by atoms with Gasteiger partial charge in [0.25, 0.3) is 0 Å². The molecular formula is C17H28N2. The van der Waals surface area contributed by atoms with Crippen LogP contribution in [0.25, 0.3) is 0 Å². The van der Waals surface area contributed by atoms with E-state index in [1.807, 2.05) is 6.20 Å². The first-order valence-electron chi connectivity index (χ1n) is 7.83. The Bertz CT molecular complexity index is 369. The van der Waals surface area contributed by atoms with Crippen molar-refractivity contribution in [2.75, 3.05) is 13.1 Å². The van der Waals surface area contributed by atoms with E-state index in [0.717, 1.165) is 37.1 Å². The number of aromatic nitrogens is 1. The molecule has 1 fully saturated rings. The van der Waals surface area contributed by atoms with Crippen LogP contribution in [-0.2, 0) is 12.8 Å². The van der Waals surface area contributed by atoms with Crippen molar-refractivity contribution in [1.82, 2.24) is 10.3 Å². The van der Waals surface area contributed by atoms with Gasteiger partial charge in [0.2, 0.25) is 0 Å². The molecule has 106 valence electrons. The van der Waals surface area contributed by atoms with Crippen LogP contribution in [0.5, 0.6) is 0 Å². The normalized spacial score (nSPS) is 22.5. The number of nitrogens with zero attached hydrogens (tertiary/aromatic N) is 1. The lowest BCUT2D eigenvalue weighted by Crippen LogP contribution is -2.37. The highest BCUT2D eigenvalue weighted by molar-refractivity contribution is 5.14. The quantitative estimate of drug-likeness (QED) is 0.812. The molecule has 2 rings (SSSR count). The summed E-state index contributed by atoms with van der Waals surface area (Å²) in [5.41, 5.74) is 2.61. The molecule has 0 amide bonds. The van der Waals surface area contributed by atoms with Crippen LogP contribution in [-0.4, -0.2) is 18.1 Å². The molecule has 2 nitrogen and oxygen atoms in total. The second-order valence-electron chi connectivity index (χ2n) is 6.37. The Balaban J connectivity index is 1.75. The van der Waals surface area contributed by atoms with Gasteiger partial charge >= 0.3 is 0 Å². The van der Waals surface area contributed by atoms with Crippen molar-refractivity contribution in [3.8, 4) is 0 Å². The van der Waals surface area contributed by atoms with E-state index in [4.69, 9.17) is 0 Å². The maximum Gasteiger partial charge on any atom is 0.0406 e. The van der Waals surface area contributed by atoms with Crippen LogP contribution in [0.2, 0.25) is 0 Å². The molecule has 2 unspecified atom stereocenters. The Morgan fingerprint density at radius 3 is 2.58 bits per heavy atom. The number of hydrogen-bond acceptors (Lipinski definition) is 2. The van der Waals surface area contributed by atoms with E-state index in [-0.39, 0.29) is 0 Å². The van der Waals surface area contributed by atoms with Gasteiger partial charge in [-0.05, 0) is 68.2 Å². The highest BCUT2D eigenvalue weighted by Gasteiger charge is 2.30. The minimum Gasteiger partial charge on any atom is -0.316 e. The summed E-state index contributed by atoms with van der Waals surface area (Å²) in [4.78, 5) is 4.59. The molecule has 0 aromatic carbocycles. The lowest BCUT2D eigenvalue weighted by Gasteiger charge is -2.37. The Morgan fingerprint density at radius 2 is 2.05 bits per heavy atom. The SMILES string of the molecule is CCc1ccc(CC2CCC2CNCC(C)C)nc1. The molecule has 2 heteroatoms. The summed E-state index contributed by atoms with van der Waals surface area (Å²) in [5, 5.41) is 3.60. The van der Waals surface area contributed by atoms with Gasteiger partial charge in [-0.3, -0.25) is 4.98 Å². The number of pyridine rings is 1. The molecule has 1 aromatic heterocycles. The van der Waals surface area contributed by atoms with Gasteiger partial charge in [-0.25, -0.2) is 0 Å². The van der Waals surface area contributed by atoms with Crippen LogP contribution in [0, 0.1) is 17.8 Å². The molecule has 1 saturated carbocycles. The minimum absolute atomic E-state index is 0.752. The number of rotatable bonds is 7. The van der Waals surface area contributed by atoms with Crippen LogP contribution >= 0.6 is 0 Å². The molecular weight excluding hydrogens is 232 g/mol. The van der Waals surface area contributed by atoms with Crippen LogP contribution in [0.15, 0.2) is 18.3 Å². The smallest absolute Gasteiger partial charge is 0.0406 e. The predicted octanol–water partition coefficient (Wildman–Crippen LogP) is 3.46. The average molecular weight is 260 g/mol. The molecule has 0 spiro atoms. The molecule has 0 radical (unpaired) electrons. The fourth-order valence-corrected chi connectivity index (χ4v) is 2.79. The molecule has 2 atom stereocenters. The minimum atomic E-state index is 0.752. The third kappa shape index (κ3) is 4.31. The summed E-state index contributed by atoms with van der Waals surface area (Å²) >= 11 is 0. The fourth-order valence-electron chi connectivity index (χ4n) is 2.79. The van der Waals surface area contributed by atoms with Gasteiger partial charge in [0.15, 0.2) is 0 Å². The van der Waals surface area contributed by atoms with Gasteiger partial charge in [0, 0.05) is 11.9 Å². The standard InChI is InChI=1S/C17H28N2/c1-4-14-5-8-17(19-11-14)9-15-6-7-16(15)12-18-10-13(2)3/h5,8,11,13,15-16,18H,4,6-7,9-10,12H2,1-3H3. The maximum atomic E-state index is 4.59. The first-order chi connectivity index (χ1) is 9.19. The third-order valence-corrected chi connectivity index (χ3v) is 4.30. The first kappa shape index (κ1) is 14.5. The molecule has 1 heterocycles.